The van der Waals surface area contributed by atoms with Crippen molar-refractivity contribution in [2.45, 2.75) is 18.4 Å². The molecular formula is C14H13BrFNO3S. The molecule has 0 spiro atoms. The van der Waals surface area contributed by atoms with Crippen molar-refractivity contribution in [3.63, 3.8) is 0 Å². The Morgan fingerprint density at radius 1 is 1.24 bits per heavy atom. The van der Waals surface area contributed by atoms with E-state index in [9.17, 15) is 12.8 Å². The summed E-state index contributed by atoms with van der Waals surface area (Å²) < 4.78 is 41.8. The van der Waals surface area contributed by atoms with E-state index in [1.807, 2.05) is 0 Å². The molecule has 0 saturated heterocycles. The van der Waals surface area contributed by atoms with E-state index >= 15 is 0 Å². The number of ether oxygens (including phenoxy) is 1. The van der Waals surface area contributed by atoms with Crippen LogP contribution in [-0.4, -0.2) is 8.42 Å². The van der Waals surface area contributed by atoms with Crippen LogP contribution in [0.4, 0.5) is 4.39 Å². The summed E-state index contributed by atoms with van der Waals surface area (Å²) in [4.78, 5) is 0.0674. The lowest BCUT2D eigenvalue weighted by Crippen LogP contribution is -2.13. The third kappa shape index (κ3) is 4.03. The summed E-state index contributed by atoms with van der Waals surface area (Å²) in [6.07, 6.45) is 0. The van der Waals surface area contributed by atoms with Crippen LogP contribution in [0.5, 0.6) is 5.75 Å². The van der Waals surface area contributed by atoms with Gasteiger partial charge < -0.3 is 4.74 Å². The molecule has 7 heteroatoms. The van der Waals surface area contributed by atoms with Gasteiger partial charge in [0, 0.05) is 10.0 Å². The van der Waals surface area contributed by atoms with Crippen LogP contribution in [0, 0.1) is 12.7 Å². The van der Waals surface area contributed by atoms with Crippen LogP contribution in [0.1, 0.15) is 11.1 Å². The highest BCUT2D eigenvalue weighted by Gasteiger charge is 2.12. The van der Waals surface area contributed by atoms with Gasteiger partial charge in [0.25, 0.3) is 0 Å². The minimum absolute atomic E-state index is 0.0674. The van der Waals surface area contributed by atoms with Crippen molar-refractivity contribution < 1.29 is 17.5 Å². The van der Waals surface area contributed by atoms with E-state index in [2.05, 4.69) is 15.9 Å². The maximum Gasteiger partial charge on any atom is 0.238 e. The summed E-state index contributed by atoms with van der Waals surface area (Å²) in [6.45, 7) is 1.87. The summed E-state index contributed by atoms with van der Waals surface area (Å²) in [5.41, 5.74) is 1.29. The van der Waals surface area contributed by atoms with Gasteiger partial charge in [-0.25, -0.2) is 17.9 Å². The number of sulfonamides is 1. The van der Waals surface area contributed by atoms with Crippen LogP contribution in [0.25, 0.3) is 0 Å². The molecule has 0 fully saturated rings. The molecule has 2 rings (SSSR count). The first-order valence-electron chi connectivity index (χ1n) is 5.97. The van der Waals surface area contributed by atoms with Gasteiger partial charge in [-0.3, -0.25) is 0 Å². The molecule has 0 atom stereocenters. The third-order valence-electron chi connectivity index (χ3n) is 2.86. The van der Waals surface area contributed by atoms with Gasteiger partial charge in [0.05, 0.1) is 4.90 Å². The summed E-state index contributed by atoms with van der Waals surface area (Å²) in [5.74, 6) is 0.176. The minimum atomic E-state index is -3.73. The van der Waals surface area contributed by atoms with E-state index in [4.69, 9.17) is 9.88 Å². The number of hydrogen-bond donors (Lipinski definition) is 1. The fourth-order valence-corrected chi connectivity index (χ4v) is 3.06. The first-order chi connectivity index (χ1) is 9.77. The van der Waals surface area contributed by atoms with Gasteiger partial charge >= 0.3 is 0 Å². The second kappa shape index (κ2) is 6.13. The Hall–Kier alpha value is -1.44. The molecule has 0 aliphatic carbocycles. The summed E-state index contributed by atoms with van der Waals surface area (Å²) >= 11 is 3.26. The van der Waals surface area contributed by atoms with E-state index in [1.54, 1.807) is 19.1 Å². The molecule has 2 N–H and O–H groups in total. The maximum absolute atomic E-state index is 13.0. The SMILES string of the molecule is Cc1cc(OCc2ccc(F)cc2Br)ccc1S(N)(=O)=O. The van der Waals surface area contributed by atoms with Gasteiger partial charge in [-0.05, 0) is 42.8 Å². The molecule has 0 unspecified atom stereocenters. The summed E-state index contributed by atoms with van der Waals surface area (Å²) in [7, 11) is -3.73. The highest BCUT2D eigenvalue weighted by Crippen LogP contribution is 2.23. The highest BCUT2D eigenvalue weighted by atomic mass is 79.9. The van der Waals surface area contributed by atoms with Gasteiger partial charge in [-0.15, -0.1) is 0 Å². The molecule has 0 aliphatic heterocycles. The van der Waals surface area contributed by atoms with Crippen LogP contribution in [0.15, 0.2) is 45.8 Å². The predicted molar refractivity (Wildman–Crippen MR) is 81.0 cm³/mol. The zero-order valence-electron chi connectivity index (χ0n) is 11.1. The van der Waals surface area contributed by atoms with E-state index in [0.717, 1.165) is 5.56 Å². The highest BCUT2D eigenvalue weighted by molar-refractivity contribution is 9.10. The van der Waals surface area contributed by atoms with Crippen LogP contribution >= 0.6 is 15.9 Å². The van der Waals surface area contributed by atoms with Crippen molar-refractivity contribution in [3.8, 4) is 5.75 Å². The van der Waals surface area contributed by atoms with Gasteiger partial charge in [-0.1, -0.05) is 22.0 Å². The van der Waals surface area contributed by atoms with Crippen LogP contribution in [0.2, 0.25) is 0 Å². The van der Waals surface area contributed by atoms with Gasteiger partial charge in [0.15, 0.2) is 0 Å². The van der Waals surface area contributed by atoms with Crippen molar-refractivity contribution >= 4 is 26.0 Å². The zero-order chi connectivity index (χ0) is 15.6. The van der Waals surface area contributed by atoms with Crippen molar-refractivity contribution in [3.05, 3.63) is 57.8 Å². The number of benzene rings is 2. The quantitative estimate of drug-likeness (QED) is 0.894. The fourth-order valence-electron chi connectivity index (χ4n) is 1.83. The number of primary sulfonamides is 1. The first-order valence-corrected chi connectivity index (χ1v) is 8.31. The molecule has 0 heterocycles. The lowest BCUT2D eigenvalue weighted by molar-refractivity contribution is 0.305. The Labute approximate surface area is 130 Å². The molecule has 0 aromatic heterocycles. The Morgan fingerprint density at radius 3 is 2.52 bits per heavy atom. The fraction of sp³-hybridized carbons (Fsp3) is 0.143. The van der Waals surface area contributed by atoms with Crippen LogP contribution in [-0.2, 0) is 16.6 Å². The lowest BCUT2D eigenvalue weighted by atomic mass is 10.2. The van der Waals surface area contributed by atoms with Crippen molar-refractivity contribution in [1.29, 1.82) is 0 Å². The molecule has 0 radical (unpaired) electrons. The topological polar surface area (TPSA) is 69.4 Å². The van der Waals surface area contributed by atoms with Crippen molar-refractivity contribution in [1.82, 2.24) is 0 Å². The lowest BCUT2D eigenvalue weighted by Gasteiger charge is -2.10. The number of nitrogens with two attached hydrogens (primary N) is 1. The zero-order valence-corrected chi connectivity index (χ0v) is 13.5. The molecule has 0 saturated carbocycles. The molecular weight excluding hydrogens is 361 g/mol. The minimum Gasteiger partial charge on any atom is -0.489 e. The largest absolute Gasteiger partial charge is 0.489 e. The molecule has 2 aromatic rings. The Bertz CT molecular complexity index is 778. The first kappa shape index (κ1) is 15.9. The van der Waals surface area contributed by atoms with Crippen molar-refractivity contribution in [2.75, 3.05) is 0 Å². The van der Waals surface area contributed by atoms with Gasteiger partial charge in [0.1, 0.15) is 18.2 Å². The number of aryl methyl sites for hydroxylation is 1. The molecule has 2 aromatic carbocycles. The smallest absolute Gasteiger partial charge is 0.238 e. The number of halogens is 2. The maximum atomic E-state index is 13.0. The average Bonchev–Trinajstić information content (AvgIpc) is 2.36. The standard InChI is InChI=1S/C14H13BrFNO3S/c1-9-6-12(4-5-14(9)21(17,18)19)20-8-10-2-3-11(16)7-13(10)15/h2-7H,8H2,1H3,(H2,17,18,19). The molecule has 0 amide bonds. The van der Waals surface area contributed by atoms with Gasteiger partial charge in [0.2, 0.25) is 10.0 Å². The van der Waals surface area contributed by atoms with Crippen LogP contribution < -0.4 is 9.88 Å². The van der Waals surface area contributed by atoms with E-state index in [1.165, 1.54) is 24.3 Å². The third-order valence-corrected chi connectivity index (χ3v) is 4.67. The average molecular weight is 374 g/mol. The van der Waals surface area contributed by atoms with E-state index in [0.29, 0.717) is 15.8 Å². The van der Waals surface area contributed by atoms with Crippen molar-refractivity contribution in [2.24, 2.45) is 5.14 Å². The molecule has 112 valence electrons. The Balaban J connectivity index is 2.16. The van der Waals surface area contributed by atoms with Crippen LogP contribution in [0.3, 0.4) is 0 Å². The van der Waals surface area contributed by atoms with E-state index in [-0.39, 0.29) is 17.3 Å². The normalized spacial score (nSPS) is 11.4. The predicted octanol–water partition coefficient (Wildman–Crippen LogP) is 3.12. The molecule has 0 bridgehead atoms. The number of rotatable bonds is 4. The molecule has 0 aliphatic rings. The van der Waals surface area contributed by atoms with E-state index < -0.39 is 10.0 Å². The monoisotopic (exact) mass is 373 g/mol. The van der Waals surface area contributed by atoms with Gasteiger partial charge in [-0.2, -0.15) is 0 Å². The second-order valence-corrected chi connectivity index (χ2v) is 6.88. The Morgan fingerprint density at radius 2 is 1.95 bits per heavy atom. The molecule has 4 nitrogen and oxygen atoms in total. The number of hydrogen-bond acceptors (Lipinski definition) is 3. The second-order valence-electron chi connectivity index (χ2n) is 4.50. The summed E-state index contributed by atoms with van der Waals surface area (Å²) in [5, 5.41) is 5.10. The summed E-state index contributed by atoms with van der Waals surface area (Å²) in [6, 6.07) is 8.85. The molecule has 21 heavy (non-hydrogen) atoms. The Kier molecular flexibility index (Phi) is 4.65.